The number of amides is 1. The van der Waals surface area contributed by atoms with E-state index in [-0.39, 0.29) is 17.9 Å². The van der Waals surface area contributed by atoms with Crippen molar-refractivity contribution in [2.24, 2.45) is 17.4 Å². The van der Waals surface area contributed by atoms with Gasteiger partial charge in [-0.05, 0) is 36.8 Å². The largest absolute Gasteiger partial charge is 0.354 e. The fourth-order valence-corrected chi connectivity index (χ4v) is 3.37. The molecule has 0 radical (unpaired) electrons. The second-order valence-corrected chi connectivity index (χ2v) is 7.48. The van der Waals surface area contributed by atoms with Crippen molar-refractivity contribution >= 4 is 5.91 Å². The molecule has 4 nitrogen and oxygen atoms in total. The van der Waals surface area contributed by atoms with Crippen molar-refractivity contribution in [2.45, 2.75) is 64.0 Å². The Morgan fingerprint density at radius 1 is 1.26 bits per heavy atom. The number of carbonyl (C=O) groups excluding carboxylic acids is 1. The zero-order valence-electron chi connectivity index (χ0n) is 14.6. The lowest BCUT2D eigenvalue weighted by atomic mass is 9.74. The van der Waals surface area contributed by atoms with Crippen LogP contribution in [0.5, 0.6) is 0 Å². The van der Waals surface area contributed by atoms with Gasteiger partial charge in [-0.3, -0.25) is 4.79 Å². The molecule has 2 rings (SSSR count). The molecule has 1 aliphatic rings. The molecule has 5 N–H and O–H groups in total. The first-order valence-electron chi connectivity index (χ1n) is 8.73. The van der Waals surface area contributed by atoms with Crippen molar-refractivity contribution in [3.63, 3.8) is 0 Å². The van der Waals surface area contributed by atoms with E-state index in [1.165, 1.54) is 5.56 Å². The molecule has 4 heteroatoms. The van der Waals surface area contributed by atoms with Gasteiger partial charge < -0.3 is 16.8 Å². The maximum Gasteiger partial charge on any atom is 0.225 e. The molecule has 128 valence electrons. The van der Waals surface area contributed by atoms with Gasteiger partial charge in [0.05, 0.1) is 5.92 Å². The van der Waals surface area contributed by atoms with Crippen LogP contribution in [0.4, 0.5) is 0 Å². The van der Waals surface area contributed by atoms with Crippen LogP contribution in [0.1, 0.15) is 69.5 Å². The Bertz CT molecular complexity index is 522. The number of nitrogens with two attached hydrogens (primary N) is 2. The molecular weight excluding hydrogens is 286 g/mol. The van der Waals surface area contributed by atoms with Gasteiger partial charge in [0.1, 0.15) is 0 Å². The summed E-state index contributed by atoms with van der Waals surface area (Å²) in [6.45, 7) is 6.78. The van der Waals surface area contributed by atoms with Crippen molar-refractivity contribution in [1.29, 1.82) is 0 Å². The van der Waals surface area contributed by atoms with Gasteiger partial charge in [0.2, 0.25) is 5.91 Å². The smallest absolute Gasteiger partial charge is 0.225 e. The Balaban J connectivity index is 1.90. The van der Waals surface area contributed by atoms with Crippen molar-refractivity contribution in [2.75, 3.05) is 6.54 Å². The molecule has 0 bridgehead atoms. The van der Waals surface area contributed by atoms with Gasteiger partial charge in [-0.1, -0.05) is 51.0 Å². The van der Waals surface area contributed by atoms with Crippen LogP contribution >= 0.6 is 0 Å². The van der Waals surface area contributed by atoms with E-state index in [9.17, 15) is 4.79 Å². The summed E-state index contributed by atoms with van der Waals surface area (Å²) in [4.78, 5) is 12.4. The third-order valence-electron chi connectivity index (χ3n) is 5.10. The van der Waals surface area contributed by atoms with Crippen LogP contribution in [0.3, 0.4) is 0 Å². The van der Waals surface area contributed by atoms with Gasteiger partial charge in [-0.25, -0.2) is 0 Å². The van der Waals surface area contributed by atoms with E-state index in [2.05, 4.69) is 43.4 Å². The summed E-state index contributed by atoms with van der Waals surface area (Å²) in [7, 11) is 0. The minimum Gasteiger partial charge on any atom is -0.354 e. The molecular formula is C19H31N3O. The first-order chi connectivity index (χ1) is 10.8. The van der Waals surface area contributed by atoms with Gasteiger partial charge in [0.25, 0.3) is 0 Å². The molecule has 0 spiro atoms. The summed E-state index contributed by atoms with van der Waals surface area (Å²) in [5.74, 6) is 0.448. The van der Waals surface area contributed by atoms with E-state index < -0.39 is 5.54 Å². The second kappa shape index (κ2) is 7.45. The molecule has 3 unspecified atom stereocenters. The molecule has 3 atom stereocenters. The second-order valence-electron chi connectivity index (χ2n) is 7.48. The van der Waals surface area contributed by atoms with Crippen LogP contribution in [-0.2, 0) is 4.79 Å². The summed E-state index contributed by atoms with van der Waals surface area (Å²) < 4.78 is 0. The van der Waals surface area contributed by atoms with Gasteiger partial charge >= 0.3 is 0 Å². The van der Waals surface area contributed by atoms with Gasteiger partial charge in [-0.2, -0.15) is 0 Å². The van der Waals surface area contributed by atoms with Gasteiger partial charge in [0, 0.05) is 18.1 Å². The highest BCUT2D eigenvalue weighted by Crippen LogP contribution is 2.31. The Morgan fingerprint density at radius 2 is 1.87 bits per heavy atom. The highest BCUT2D eigenvalue weighted by molar-refractivity contribution is 5.80. The predicted octanol–water partition coefficient (Wildman–Crippen LogP) is 2.83. The molecule has 0 heterocycles. The molecule has 0 saturated heterocycles. The quantitative estimate of drug-likeness (QED) is 0.781. The van der Waals surface area contributed by atoms with Gasteiger partial charge in [0.15, 0.2) is 0 Å². The summed E-state index contributed by atoms with van der Waals surface area (Å²) >= 11 is 0. The molecule has 1 fully saturated rings. The van der Waals surface area contributed by atoms with Gasteiger partial charge in [-0.15, -0.1) is 0 Å². The molecule has 1 aromatic carbocycles. The molecule has 1 aliphatic carbocycles. The number of carbonyl (C=O) groups is 1. The molecule has 0 aliphatic heterocycles. The van der Waals surface area contributed by atoms with Crippen molar-refractivity contribution in [1.82, 2.24) is 5.32 Å². The Hall–Kier alpha value is -1.39. The minimum absolute atomic E-state index is 0.0453. The van der Waals surface area contributed by atoms with Crippen LogP contribution < -0.4 is 16.8 Å². The lowest BCUT2D eigenvalue weighted by Crippen LogP contribution is -2.53. The Labute approximate surface area is 140 Å². The van der Waals surface area contributed by atoms with E-state index in [1.54, 1.807) is 0 Å². The van der Waals surface area contributed by atoms with Crippen molar-refractivity contribution in [3.05, 3.63) is 35.4 Å². The zero-order valence-corrected chi connectivity index (χ0v) is 14.6. The molecule has 1 aromatic rings. The maximum absolute atomic E-state index is 12.4. The number of hydrogen-bond donors (Lipinski definition) is 3. The van der Waals surface area contributed by atoms with Crippen LogP contribution in [0.25, 0.3) is 0 Å². The Kier molecular flexibility index (Phi) is 5.82. The highest BCUT2D eigenvalue weighted by atomic mass is 16.1. The van der Waals surface area contributed by atoms with E-state index in [0.717, 1.165) is 31.2 Å². The SMILES string of the molecule is CC(C)c1ccc(C(N)CNC(=O)C2CCCCC2(C)N)cc1. The molecule has 1 amide bonds. The monoisotopic (exact) mass is 317 g/mol. The highest BCUT2D eigenvalue weighted by Gasteiger charge is 2.37. The van der Waals surface area contributed by atoms with Crippen LogP contribution in [0, 0.1) is 5.92 Å². The van der Waals surface area contributed by atoms with Crippen molar-refractivity contribution < 1.29 is 4.79 Å². The summed E-state index contributed by atoms with van der Waals surface area (Å²) in [5.41, 5.74) is 14.5. The topological polar surface area (TPSA) is 81.1 Å². The normalized spacial score (nSPS) is 26.1. The lowest BCUT2D eigenvalue weighted by Gasteiger charge is -2.37. The standard InChI is InChI=1S/C19H31N3O/c1-13(2)14-7-9-15(10-8-14)17(20)12-22-18(23)16-6-4-5-11-19(16,3)21/h7-10,13,16-17H,4-6,11-12,20-21H2,1-3H3,(H,22,23). The predicted molar refractivity (Wildman–Crippen MR) is 95.0 cm³/mol. The van der Waals surface area contributed by atoms with Crippen LogP contribution in [0.2, 0.25) is 0 Å². The third kappa shape index (κ3) is 4.55. The number of rotatable bonds is 5. The van der Waals surface area contributed by atoms with E-state index >= 15 is 0 Å². The first kappa shape index (κ1) is 18.0. The third-order valence-corrected chi connectivity index (χ3v) is 5.10. The summed E-state index contributed by atoms with van der Waals surface area (Å²) in [6, 6.07) is 8.15. The molecule has 1 saturated carbocycles. The summed E-state index contributed by atoms with van der Waals surface area (Å²) in [5, 5.41) is 3.00. The van der Waals surface area contributed by atoms with Crippen LogP contribution in [0.15, 0.2) is 24.3 Å². The molecule has 0 aromatic heterocycles. The fourth-order valence-electron chi connectivity index (χ4n) is 3.37. The number of hydrogen-bond acceptors (Lipinski definition) is 3. The van der Waals surface area contributed by atoms with Crippen LogP contribution in [-0.4, -0.2) is 18.0 Å². The zero-order chi connectivity index (χ0) is 17.0. The summed E-state index contributed by atoms with van der Waals surface area (Å²) in [6.07, 6.45) is 3.97. The first-order valence-corrected chi connectivity index (χ1v) is 8.73. The fraction of sp³-hybridized carbons (Fsp3) is 0.632. The molecule has 23 heavy (non-hydrogen) atoms. The minimum atomic E-state index is -0.397. The van der Waals surface area contributed by atoms with E-state index in [4.69, 9.17) is 11.5 Å². The van der Waals surface area contributed by atoms with Crippen molar-refractivity contribution in [3.8, 4) is 0 Å². The Morgan fingerprint density at radius 3 is 2.43 bits per heavy atom. The van der Waals surface area contributed by atoms with E-state index in [1.807, 2.05) is 6.92 Å². The number of benzene rings is 1. The number of nitrogens with one attached hydrogen (secondary N) is 1. The average molecular weight is 317 g/mol. The maximum atomic E-state index is 12.4. The lowest BCUT2D eigenvalue weighted by molar-refractivity contribution is -0.128. The van der Waals surface area contributed by atoms with E-state index in [0.29, 0.717) is 12.5 Å². The average Bonchev–Trinajstić information content (AvgIpc) is 2.52.